The van der Waals surface area contributed by atoms with Gasteiger partial charge in [-0.25, -0.2) is 4.39 Å². The van der Waals surface area contributed by atoms with Crippen LogP contribution in [-0.4, -0.2) is 9.78 Å². The minimum absolute atomic E-state index is 0.311. The van der Waals surface area contributed by atoms with Crippen molar-refractivity contribution >= 4 is 5.69 Å². The van der Waals surface area contributed by atoms with E-state index in [0.717, 1.165) is 11.1 Å². The van der Waals surface area contributed by atoms with E-state index in [2.05, 4.69) is 5.10 Å². The first-order valence-electron chi connectivity index (χ1n) is 5.33. The number of nitrogens with zero attached hydrogens (tertiary/aromatic N) is 2. The fourth-order valence-electron chi connectivity index (χ4n) is 1.80. The van der Waals surface area contributed by atoms with Crippen molar-refractivity contribution in [3.8, 4) is 11.1 Å². The number of rotatable bonds is 2. The van der Waals surface area contributed by atoms with Crippen molar-refractivity contribution in [2.45, 2.75) is 18.9 Å². The second-order valence-corrected chi connectivity index (χ2v) is 4.21. The largest absolute Gasteiger partial charge is 0.399 e. The van der Waals surface area contributed by atoms with Crippen LogP contribution in [0.5, 0.6) is 0 Å². The molecule has 2 aromatic rings. The first-order valence-corrected chi connectivity index (χ1v) is 5.33. The van der Waals surface area contributed by atoms with Gasteiger partial charge in [-0.3, -0.25) is 4.68 Å². The average Bonchev–Trinajstić information content (AvgIpc) is 2.95. The van der Waals surface area contributed by atoms with E-state index in [4.69, 9.17) is 5.73 Å². The SMILES string of the molecule is Nc1cc(F)cc(-c2cnn(C3CC3)c2)c1. The molecule has 0 bridgehead atoms. The standard InChI is InChI=1S/C12H12FN3/c13-10-3-8(4-11(14)5-10)9-6-15-16(7-9)12-1-2-12/h3-7,12H,1-2,14H2. The van der Waals surface area contributed by atoms with Crippen LogP contribution in [0.4, 0.5) is 10.1 Å². The highest BCUT2D eigenvalue weighted by molar-refractivity contribution is 5.66. The average molecular weight is 217 g/mol. The van der Waals surface area contributed by atoms with Crippen LogP contribution < -0.4 is 5.73 Å². The molecule has 0 atom stereocenters. The summed E-state index contributed by atoms with van der Waals surface area (Å²) in [5.74, 6) is -0.311. The lowest BCUT2D eigenvalue weighted by atomic mass is 10.1. The van der Waals surface area contributed by atoms with E-state index in [-0.39, 0.29) is 5.82 Å². The minimum atomic E-state index is -0.311. The van der Waals surface area contributed by atoms with E-state index in [0.29, 0.717) is 11.7 Å². The van der Waals surface area contributed by atoms with E-state index in [1.165, 1.54) is 25.0 Å². The molecular weight excluding hydrogens is 205 g/mol. The Morgan fingerprint density at radius 1 is 1.25 bits per heavy atom. The monoisotopic (exact) mass is 217 g/mol. The van der Waals surface area contributed by atoms with Gasteiger partial charge in [-0.15, -0.1) is 0 Å². The van der Waals surface area contributed by atoms with Crippen LogP contribution in [0.1, 0.15) is 18.9 Å². The molecule has 0 amide bonds. The molecule has 1 aliphatic rings. The van der Waals surface area contributed by atoms with Crippen molar-refractivity contribution in [3.05, 3.63) is 36.4 Å². The summed E-state index contributed by atoms with van der Waals surface area (Å²) in [4.78, 5) is 0. The number of hydrogen-bond donors (Lipinski definition) is 1. The number of aromatic nitrogens is 2. The predicted octanol–water partition coefficient (Wildman–Crippen LogP) is 2.61. The first-order chi connectivity index (χ1) is 7.72. The van der Waals surface area contributed by atoms with Gasteiger partial charge in [0.2, 0.25) is 0 Å². The summed E-state index contributed by atoms with van der Waals surface area (Å²) >= 11 is 0. The van der Waals surface area contributed by atoms with Crippen molar-refractivity contribution < 1.29 is 4.39 Å². The third-order valence-corrected chi connectivity index (χ3v) is 2.78. The molecule has 16 heavy (non-hydrogen) atoms. The normalized spacial score (nSPS) is 15.3. The number of hydrogen-bond acceptors (Lipinski definition) is 2. The minimum Gasteiger partial charge on any atom is -0.399 e. The highest BCUT2D eigenvalue weighted by Gasteiger charge is 2.24. The molecule has 1 heterocycles. The molecule has 0 spiro atoms. The third kappa shape index (κ3) is 1.66. The molecule has 1 saturated carbocycles. The van der Waals surface area contributed by atoms with Crippen molar-refractivity contribution in [2.75, 3.05) is 5.73 Å². The van der Waals surface area contributed by atoms with E-state index < -0.39 is 0 Å². The summed E-state index contributed by atoms with van der Waals surface area (Å²) in [7, 11) is 0. The van der Waals surface area contributed by atoms with Gasteiger partial charge in [-0.1, -0.05) is 0 Å². The van der Waals surface area contributed by atoms with Crippen LogP contribution in [0, 0.1) is 5.82 Å². The van der Waals surface area contributed by atoms with Crippen molar-refractivity contribution in [1.29, 1.82) is 0 Å². The first kappa shape index (κ1) is 9.39. The van der Waals surface area contributed by atoms with Crippen molar-refractivity contribution in [2.24, 2.45) is 0 Å². The van der Waals surface area contributed by atoms with Gasteiger partial charge in [0, 0.05) is 17.4 Å². The van der Waals surface area contributed by atoms with Gasteiger partial charge in [0.15, 0.2) is 0 Å². The Hall–Kier alpha value is -1.84. The Bertz CT molecular complexity index is 509. The number of nitrogens with two attached hydrogens (primary N) is 1. The zero-order valence-corrected chi connectivity index (χ0v) is 8.73. The zero-order chi connectivity index (χ0) is 11.1. The van der Waals surface area contributed by atoms with Gasteiger partial charge in [-0.2, -0.15) is 5.10 Å². The lowest BCUT2D eigenvalue weighted by molar-refractivity contribution is 0.629. The van der Waals surface area contributed by atoms with Gasteiger partial charge in [0.25, 0.3) is 0 Å². The van der Waals surface area contributed by atoms with Gasteiger partial charge in [0.1, 0.15) is 5.82 Å². The molecule has 1 fully saturated rings. The Kier molecular flexibility index (Phi) is 1.96. The summed E-state index contributed by atoms with van der Waals surface area (Å²) in [5, 5.41) is 4.27. The van der Waals surface area contributed by atoms with Crippen LogP contribution in [0.15, 0.2) is 30.6 Å². The lowest BCUT2D eigenvalue weighted by Gasteiger charge is -2.00. The lowest BCUT2D eigenvalue weighted by Crippen LogP contribution is -1.92. The molecule has 2 N–H and O–H groups in total. The van der Waals surface area contributed by atoms with Gasteiger partial charge in [0.05, 0.1) is 12.2 Å². The van der Waals surface area contributed by atoms with Crippen LogP contribution in [0.25, 0.3) is 11.1 Å². The topological polar surface area (TPSA) is 43.8 Å². The second kappa shape index (κ2) is 3.33. The quantitative estimate of drug-likeness (QED) is 0.786. The van der Waals surface area contributed by atoms with E-state index in [9.17, 15) is 4.39 Å². The van der Waals surface area contributed by atoms with Crippen LogP contribution in [-0.2, 0) is 0 Å². The molecule has 0 aliphatic heterocycles. The van der Waals surface area contributed by atoms with Crippen LogP contribution in [0.3, 0.4) is 0 Å². The summed E-state index contributed by atoms with van der Waals surface area (Å²) in [6.45, 7) is 0. The third-order valence-electron chi connectivity index (χ3n) is 2.78. The maximum Gasteiger partial charge on any atom is 0.125 e. The summed E-state index contributed by atoms with van der Waals surface area (Å²) < 4.78 is 15.1. The number of benzene rings is 1. The maximum atomic E-state index is 13.2. The van der Waals surface area contributed by atoms with Crippen LogP contribution >= 0.6 is 0 Å². The molecule has 3 rings (SSSR count). The van der Waals surface area contributed by atoms with Gasteiger partial charge in [-0.05, 0) is 36.6 Å². The maximum absolute atomic E-state index is 13.2. The smallest absolute Gasteiger partial charge is 0.125 e. The molecule has 0 radical (unpaired) electrons. The Balaban J connectivity index is 2.00. The summed E-state index contributed by atoms with van der Waals surface area (Å²) in [6, 6.07) is 5.09. The molecular formula is C12H12FN3. The van der Waals surface area contributed by atoms with E-state index in [1.807, 2.05) is 10.9 Å². The number of anilines is 1. The predicted molar refractivity (Wildman–Crippen MR) is 60.3 cm³/mol. The highest BCUT2D eigenvalue weighted by atomic mass is 19.1. The van der Waals surface area contributed by atoms with Crippen LogP contribution in [0.2, 0.25) is 0 Å². The molecule has 0 unspecified atom stereocenters. The molecule has 4 heteroatoms. The molecule has 1 aromatic carbocycles. The molecule has 1 aromatic heterocycles. The molecule has 3 nitrogen and oxygen atoms in total. The van der Waals surface area contributed by atoms with E-state index in [1.54, 1.807) is 12.3 Å². The summed E-state index contributed by atoms with van der Waals surface area (Å²) in [5.41, 5.74) is 7.74. The van der Waals surface area contributed by atoms with Crippen molar-refractivity contribution in [3.63, 3.8) is 0 Å². The molecule has 82 valence electrons. The second-order valence-electron chi connectivity index (χ2n) is 4.21. The fraction of sp³-hybridized carbons (Fsp3) is 0.250. The Morgan fingerprint density at radius 3 is 2.75 bits per heavy atom. The highest BCUT2D eigenvalue weighted by Crippen LogP contribution is 2.35. The van der Waals surface area contributed by atoms with Gasteiger partial charge >= 0.3 is 0 Å². The number of halogens is 1. The zero-order valence-electron chi connectivity index (χ0n) is 8.73. The number of nitrogen functional groups attached to an aromatic ring is 1. The summed E-state index contributed by atoms with van der Waals surface area (Å²) in [6.07, 6.45) is 6.08. The molecule has 1 aliphatic carbocycles. The van der Waals surface area contributed by atoms with Crippen molar-refractivity contribution in [1.82, 2.24) is 9.78 Å². The fourth-order valence-corrected chi connectivity index (χ4v) is 1.80. The molecule has 0 saturated heterocycles. The van der Waals surface area contributed by atoms with E-state index >= 15 is 0 Å². The Labute approximate surface area is 92.7 Å². The Morgan fingerprint density at radius 2 is 2.06 bits per heavy atom. The van der Waals surface area contributed by atoms with Gasteiger partial charge < -0.3 is 5.73 Å².